The zero-order chi connectivity index (χ0) is 29.7. The summed E-state index contributed by atoms with van der Waals surface area (Å²) in [6.45, 7) is 1.57. The molecule has 0 unspecified atom stereocenters. The van der Waals surface area contributed by atoms with E-state index in [-0.39, 0.29) is 27.5 Å². The van der Waals surface area contributed by atoms with Gasteiger partial charge in [0.15, 0.2) is 0 Å². The van der Waals surface area contributed by atoms with Gasteiger partial charge in [0, 0.05) is 27.5 Å². The molecule has 2 amide bonds. The normalized spacial score (nSPS) is 15.2. The predicted molar refractivity (Wildman–Crippen MR) is 150 cm³/mol. The molecule has 3 aromatic carbocycles. The van der Waals surface area contributed by atoms with Crippen LogP contribution in [0, 0.1) is 17.1 Å². The van der Waals surface area contributed by atoms with Crippen LogP contribution in [0.25, 0.3) is 0 Å². The van der Waals surface area contributed by atoms with Crippen LogP contribution in [0.3, 0.4) is 0 Å². The molecule has 0 radical (unpaired) electrons. The molecule has 0 bridgehead atoms. The van der Waals surface area contributed by atoms with Crippen molar-refractivity contribution >= 4 is 46.6 Å². The van der Waals surface area contributed by atoms with Gasteiger partial charge in [0.2, 0.25) is 5.91 Å². The number of nitriles is 1. The molecule has 6 nitrogen and oxygen atoms in total. The summed E-state index contributed by atoms with van der Waals surface area (Å²) in [7, 11) is 0. The van der Waals surface area contributed by atoms with Crippen molar-refractivity contribution in [2.24, 2.45) is 0 Å². The highest BCUT2D eigenvalue weighted by atomic mass is 35.5. The zero-order valence-electron chi connectivity index (χ0n) is 21.3. The molecule has 3 aromatic rings. The highest BCUT2D eigenvalue weighted by Crippen LogP contribution is 2.42. The second-order valence-corrected chi connectivity index (χ2v) is 10.2. The Balaban J connectivity index is 1.63. The predicted octanol–water partition coefficient (Wildman–Crippen LogP) is 7.20. The topological polar surface area (TPSA) is 94.0 Å². The van der Waals surface area contributed by atoms with Crippen LogP contribution < -0.4 is 16.0 Å². The summed E-state index contributed by atoms with van der Waals surface area (Å²) in [5, 5.41) is 18.7. The van der Waals surface area contributed by atoms with Crippen molar-refractivity contribution in [3.05, 3.63) is 117 Å². The SMILES string of the molecule is CC1=C(C(=O)Nc2ccc(Cl)cc2)[C@H](c2ccccc2F)C(C#N)=C(SCC(=O)Nc2ccccc2C(F)(F)F)N1. The van der Waals surface area contributed by atoms with Crippen LogP contribution in [0.15, 0.2) is 94.7 Å². The molecule has 0 aromatic heterocycles. The van der Waals surface area contributed by atoms with E-state index in [9.17, 15) is 28.0 Å². The fraction of sp³-hybridized carbons (Fsp3) is 0.138. The van der Waals surface area contributed by atoms with Crippen molar-refractivity contribution < 1.29 is 27.2 Å². The summed E-state index contributed by atoms with van der Waals surface area (Å²) < 4.78 is 55.0. The average Bonchev–Trinajstić information content (AvgIpc) is 2.92. The Morgan fingerprint density at radius 3 is 2.34 bits per heavy atom. The van der Waals surface area contributed by atoms with Gasteiger partial charge in [-0.1, -0.05) is 53.7 Å². The van der Waals surface area contributed by atoms with Gasteiger partial charge in [0.1, 0.15) is 5.82 Å². The molecule has 0 saturated carbocycles. The molecule has 41 heavy (non-hydrogen) atoms. The first-order valence-electron chi connectivity index (χ1n) is 12.0. The quantitative estimate of drug-likeness (QED) is 0.249. The maximum Gasteiger partial charge on any atom is 0.418 e. The number of carbonyl (C=O) groups is 2. The minimum Gasteiger partial charge on any atom is -0.353 e. The number of nitrogens with zero attached hydrogens (tertiary/aromatic N) is 1. The van der Waals surface area contributed by atoms with Crippen molar-refractivity contribution in [3.63, 3.8) is 0 Å². The Bertz CT molecular complexity index is 1600. The Kier molecular flexibility index (Phi) is 9.05. The molecule has 0 aliphatic carbocycles. The standard InChI is InChI=1S/C29H21ClF4N4O2S/c1-16-25(27(40)37-18-12-10-17(30)11-13-18)26(19-6-2-4-8-22(19)31)20(14-35)28(36-16)41-15-24(39)38-23-9-5-3-7-21(23)29(32,33)34/h2-13,26,36H,15H2,1H3,(H,37,40)(H,38,39)/t26-/m1/s1. The maximum atomic E-state index is 15.1. The van der Waals surface area contributed by atoms with E-state index >= 15 is 4.39 Å². The van der Waals surface area contributed by atoms with E-state index in [1.807, 2.05) is 6.07 Å². The van der Waals surface area contributed by atoms with Gasteiger partial charge >= 0.3 is 6.18 Å². The van der Waals surface area contributed by atoms with Gasteiger partial charge < -0.3 is 16.0 Å². The van der Waals surface area contributed by atoms with Gasteiger partial charge in [-0.2, -0.15) is 18.4 Å². The molecule has 12 heteroatoms. The zero-order valence-corrected chi connectivity index (χ0v) is 22.8. The fourth-order valence-corrected chi connectivity index (χ4v) is 5.26. The van der Waals surface area contributed by atoms with Crippen LogP contribution >= 0.6 is 23.4 Å². The molecular formula is C29H21ClF4N4O2S. The lowest BCUT2D eigenvalue weighted by Crippen LogP contribution is -2.31. The van der Waals surface area contributed by atoms with Gasteiger partial charge in [-0.05, 0) is 49.4 Å². The molecule has 210 valence electrons. The van der Waals surface area contributed by atoms with Crippen LogP contribution in [-0.2, 0) is 15.8 Å². The Morgan fingerprint density at radius 2 is 1.68 bits per heavy atom. The van der Waals surface area contributed by atoms with Gasteiger partial charge in [-0.3, -0.25) is 9.59 Å². The molecule has 1 atom stereocenters. The Labute approximate surface area is 242 Å². The first-order valence-corrected chi connectivity index (χ1v) is 13.4. The third-order valence-corrected chi connectivity index (χ3v) is 7.33. The van der Waals surface area contributed by atoms with E-state index in [0.717, 1.165) is 23.9 Å². The number of allylic oxidation sites excluding steroid dienone is 2. The van der Waals surface area contributed by atoms with Crippen LogP contribution in [-0.4, -0.2) is 17.6 Å². The smallest absolute Gasteiger partial charge is 0.353 e. The molecule has 0 spiro atoms. The molecule has 0 fully saturated rings. The summed E-state index contributed by atoms with van der Waals surface area (Å²) in [4.78, 5) is 26.1. The summed E-state index contributed by atoms with van der Waals surface area (Å²) in [5.74, 6) is -3.50. The highest BCUT2D eigenvalue weighted by molar-refractivity contribution is 8.03. The third kappa shape index (κ3) is 6.90. The second-order valence-electron chi connectivity index (χ2n) is 8.81. The van der Waals surface area contributed by atoms with Crippen LogP contribution in [0.1, 0.15) is 24.0 Å². The minimum absolute atomic E-state index is 0.0320. The number of hydrogen-bond donors (Lipinski definition) is 3. The van der Waals surface area contributed by atoms with Gasteiger partial charge in [0.05, 0.1) is 39.6 Å². The molecule has 0 saturated heterocycles. The number of alkyl halides is 3. The average molecular weight is 601 g/mol. The van der Waals surface area contributed by atoms with E-state index in [1.165, 1.54) is 30.3 Å². The van der Waals surface area contributed by atoms with E-state index in [4.69, 9.17) is 11.6 Å². The van der Waals surface area contributed by atoms with Crippen molar-refractivity contribution in [1.82, 2.24) is 5.32 Å². The van der Waals surface area contributed by atoms with Crippen molar-refractivity contribution in [2.45, 2.75) is 19.0 Å². The molecule has 3 N–H and O–H groups in total. The van der Waals surface area contributed by atoms with Crippen LogP contribution in [0.4, 0.5) is 28.9 Å². The van der Waals surface area contributed by atoms with Crippen molar-refractivity contribution in [3.8, 4) is 6.07 Å². The molecule has 1 heterocycles. The van der Waals surface area contributed by atoms with E-state index in [1.54, 1.807) is 37.3 Å². The summed E-state index contributed by atoms with van der Waals surface area (Å²) in [6, 6.07) is 18.6. The number of nitrogens with one attached hydrogen (secondary N) is 3. The highest BCUT2D eigenvalue weighted by Gasteiger charge is 2.37. The molecule has 4 rings (SSSR count). The number of carbonyl (C=O) groups excluding carboxylic acids is 2. The van der Waals surface area contributed by atoms with Gasteiger partial charge in [-0.15, -0.1) is 0 Å². The lowest BCUT2D eigenvalue weighted by atomic mass is 9.82. The number of anilines is 2. The van der Waals surface area contributed by atoms with Crippen LogP contribution in [0.2, 0.25) is 5.02 Å². The summed E-state index contributed by atoms with van der Waals surface area (Å²) in [5.41, 5.74) is -0.573. The number of hydrogen-bond acceptors (Lipinski definition) is 5. The minimum atomic E-state index is -4.67. The van der Waals surface area contributed by atoms with Gasteiger partial charge in [-0.25, -0.2) is 4.39 Å². The van der Waals surface area contributed by atoms with Crippen molar-refractivity contribution in [2.75, 3.05) is 16.4 Å². The Hall–Kier alpha value is -4.27. The lowest BCUT2D eigenvalue weighted by molar-refractivity contribution is -0.137. The first kappa shape index (κ1) is 29.7. The van der Waals surface area contributed by atoms with Gasteiger partial charge in [0.25, 0.3) is 5.91 Å². The largest absolute Gasteiger partial charge is 0.418 e. The number of dihydropyridines is 1. The number of amides is 2. The molecular weight excluding hydrogens is 580 g/mol. The number of benzene rings is 3. The first-order chi connectivity index (χ1) is 19.5. The second kappa shape index (κ2) is 12.5. The maximum absolute atomic E-state index is 15.1. The van der Waals surface area contributed by atoms with E-state index < -0.39 is 41.0 Å². The Morgan fingerprint density at radius 1 is 1.02 bits per heavy atom. The van der Waals surface area contributed by atoms with Crippen LogP contribution in [0.5, 0.6) is 0 Å². The van der Waals surface area contributed by atoms with E-state index in [0.29, 0.717) is 16.4 Å². The third-order valence-electron chi connectivity index (χ3n) is 6.06. The number of halogens is 5. The van der Waals surface area contributed by atoms with Crippen molar-refractivity contribution in [1.29, 1.82) is 5.26 Å². The summed E-state index contributed by atoms with van der Waals surface area (Å²) >= 11 is 6.77. The number of rotatable bonds is 7. The number of para-hydroxylation sites is 1. The molecule has 1 aliphatic rings. The lowest BCUT2D eigenvalue weighted by Gasteiger charge is -2.30. The monoisotopic (exact) mass is 600 g/mol. The fourth-order valence-electron chi connectivity index (χ4n) is 4.24. The number of thioether (sulfide) groups is 1. The molecule has 1 aliphatic heterocycles. The summed E-state index contributed by atoms with van der Waals surface area (Å²) in [6.07, 6.45) is -4.67. The van der Waals surface area contributed by atoms with E-state index in [2.05, 4.69) is 16.0 Å².